The Balaban J connectivity index is 2.20. The van der Waals surface area contributed by atoms with E-state index < -0.39 is 11.9 Å². The Bertz CT molecular complexity index is 522. The average Bonchev–Trinajstić information content (AvgIpc) is 2.50. The standard InChI is InChI=1S/C17H22O5/c1-3-16(18)22-12-7-5-4-6-11-21-15-10-8-9-14(13(15)2)17(19)20/h3,8-10H,1,4-7,11-12H2,2H3,(H,19,20). The summed E-state index contributed by atoms with van der Waals surface area (Å²) in [5.74, 6) is -0.728. The van der Waals surface area contributed by atoms with Gasteiger partial charge < -0.3 is 14.6 Å². The molecule has 0 unspecified atom stereocenters. The molecule has 0 aliphatic heterocycles. The van der Waals surface area contributed by atoms with Crippen molar-refractivity contribution in [2.24, 2.45) is 0 Å². The lowest BCUT2D eigenvalue weighted by Gasteiger charge is -2.10. The third-order valence-electron chi connectivity index (χ3n) is 3.22. The zero-order valence-electron chi connectivity index (χ0n) is 12.8. The van der Waals surface area contributed by atoms with Crippen LogP contribution in [0, 0.1) is 6.92 Å². The van der Waals surface area contributed by atoms with Gasteiger partial charge in [-0.15, -0.1) is 0 Å². The third-order valence-corrected chi connectivity index (χ3v) is 3.22. The SMILES string of the molecule is C=CC(=O)OCCCCCCOc1cccc(C(=O)O)c1C. The highest BCUT2D eigenvalue weighted by Gasteiger charge is 2.10. The number of unbranched alkanes of at least 4 members (excludes halogenated alkanes) is 3. The van der Waals surface area contributed by atoms with Gasteiger partial charge in [0.25, 0.3) is 0 Å². The van der Waals surface area contributed by atoms with Crippen LogP contribution in [-0.2, 0) is 9.53 Å². The summed E-state index contributed by atoms with van der Waals surface area (Å²) in [6, 6.07) is 5.02. The van der Waals surface area contributed by atoms with E-state index in [-0.39, 0.29) is 5.56 Å². The predicted molar refractivity (Wildman–Crippen MR) is 83.3 cm³/mol. The van der Waals surface area contributed by atoms with E-state index in [1.54, 1.807) is 25.1 Å². The van der Waals surface area contributed by atoms with Gasteiger partial charge in [0.05, 0.1) is 18.8 Å². The molecular formula is C17H22O5. The van der Waals surface area contributed by atoms with Gasteiger partial charge in [-0.3, -0.25) is 0 Å². The van der Waals surface area contributed by atoms with Crippen molar-refractivity contribution < 1.29 is 24.2 Å². The van der Waals surface area contributed by atoms with E-state index >= 15 is 0 Å². The summed E-state index contributed by atoms with van der Waals surface area (Å²) in [7, 11) is 0. The van der Waals surface area contributed by atoms with Crippen molar-refractivity contribution in [2.75, 3.05) is 13.2 Å². The van der Waals surface area contributed by atoms with Gasteiger partial charge in [0, 0.05) is 11.6 Å². The van der Waals surface area contributed by atoms with Gasteiger partial charge >= 0.3 is 11.9 Å². The van der Waals surface area contributed by atoms with Crippen LogP contribution in [0.3, 0.4) is 0 Å². The Morgan fingerprint density at radius 3 is 2.50 bits per heavy atom. The van der Waals surface area contributed by atoms with E-state index in [9.17, 15) is 9.59 Å². The summed E-state index contributed by atoms with van der Waals surface area (Å²) < 4.78 is 10.5. The largest absolute Gasteiger partial charge is 0.493 e. The molecule has 0 saturated heterocycles. The van der Waals surface area contributed by atoms with Crippen molar-refractivity contribution in [1.29, 1.82) is 0 Å². The lowest BCUT2D eigenvalue weighted by Crippen LogP contribution is -2.04. The maximum Gasteiger partial charge on any atom is 0.336 e. The topological polar surface area (TPSA) is 72.8 Å². The quantitative estimate of drug-likeness (QED) is 0.407. The van der Waals surface area contributed by atoms with Crippen LogP contribution >= 0.6 is 0 Å². The highest BCUT2D eigenvalue weighted by Crippen LogP contribution is 2.21. The van der Waals surface area contributed by atoms with Crippen LogP contribution in [0.15, 0.2) is 30.9 Å². The van der Waals surface area contributed by atoms with Gasteiger partial charge in [0.1, 0.15) is 5.75 Å². The van der Waals surface area contributed by atoms with Crippen LogP contribution in [-0.4, -0.2) is 30.3 Å². The van der Waals surface area contributed by atoms with Gasteiger partial charge in [0.15, 0.2) is 0 Å². The summed E-state index contributed by atoms with van der Waals surface area (Å²) in [6.07, 6.45) is 4.74. The number of carbonyl (C=O) groups excluding carboxylic acids is 1. The minimum absolute atomic E-state index is 0.265. The fraction of sp³-hybridized carbons (Fsp3) is 0.412. The molecule has 0 heterocycles. The van der Waals surface area contributed by atoms with E-state index in [4.69, 9.17) is 14.6 Å². The molecule has 0 aliphatic rings. The van der Waals surface area contributed by atoms with Crippen molar-refractivity contribution in [3.05, 3.63) is 42.0 Å². The summed E-state index contributed by atoms with van der Waals surface area (Å²) >= 11 is 0. The van der Waals surface area contributed by atoms with Gasteiger partial charge in [-0.05, 0) is 44.7 Å². The maximum atomic E-state index is 11.0. The van der Waals surface area contributed by atoms with Crippen molar-refractivity contribution in [3.8, 4) is 5.75 Å². The summed E-state index contributed by atoms with van der Waals surface area (Å²) in [5, 5.41) is 9.04. The van der Waals surface area contributed by atoms with Gasteiger partial charge in [-0.25, -0.2) is 9.59 Å². The molecule has 120 valence electrons. The van der Waals surface area contributed by atoms with Gasteiger partial charge in [0.2, 0.25) is 0 Å². The lowest BCUT2D eigenvalue weighted by molar-refractivity contribution is -0.137. The number of rotatable bonds is 10. The van der Waals surface area contributed by atoms with E-state index in [0.29, 0.717) is 24.5 Å². The first-order valence-electron chi connectivity index (χ1n) is 7.31. The van der Waals surface area contributed by atoms with Crippen LogP contribution in [0.1, 0.15) is 41.6 Å². The van der Waals surface area contributed by atoms with E-state index in [1.807, 2.05) is 0 Å². The molecule has 0 aliphatic carbocycles. The van der Waals surface area contributed by atoms with Gasteiger partial charge in [-0.2, -0.15) is 0 Å². The Morgan fingerprint density at radius 2 is 1.86 bits per heavy atom. The summed E-state index contributed by atoms with van der Waals surface area (Å²) in [6.45, 7) is 6.01. The zero-order chi connectivity index (χ0) is 16.4. The number of benzene rings is 1. The molecule has 0 fully saturated rings. The van der Waals surface area contributed by atoms with Crippen molar-refractivity contribution in [3.63, 3.8) is 0 Å². The highest BCUT2D eigenvalue weighted by atomic mass is 16.5. The van der Waals surface area contributed by atoms with Crippen LogP contribution < -0.4 is 4.74 Å². The molecule has 0 bridgehead atoms. The van der Waals surface area contributed by atoms with Gasteiger partial charge in [-0.1, -0.05) is 12.6 Å². The molecule has 1 rings (SSSR count). The second kappa shape index (κ2) is 9.60. The Hall–Kier alpha value is -2.30. The molecule has 22 heavy (non-hydrogen) atoms. The van der Waals surface area contributed by atoms with E-state index in [1.165, 1.54) is 0 Å². The molecule has 0 radical (unpaired) electrons. The van der Waals surface area contributed by atoms with E-state index in [2.05, 4.69) is 6.58 Å². The highest BCUT2D eigenvalue weighted by molar-refractivity contribution is 5.90. The van der Waals surface area contributed by atoms with Crippen LogP contribution in [0.25, 0.3) is 0 Å². The molecule has 1 aromatic rings. The maximum absolute atomic E-state index is 11.0. The number of aromatic carboxylic acids is 1. The molecule has 0 amide bonds. The Kier molecular flexibility index (Phi) is 7.75. The number of carboxylic acids is 1. The molecule has 5 heteroatoms. The molecule has 1 N–H and O–H groups in total. The fourth-order valence-corrected chi connectivity index (χ4v) is 1.97. The monoisotopic (exact) mass is 306 g/mol. The number of hydrogen-bond acceptors (Lipinski definition) is 4. The third kappa shape index (κ3) is 5.99. The second-order valence-corrected chi connectivity index (χ2v) is 4.87. The number of carbonyl (C=O) groups is 2. The summed E-state index contributed by atoms with van der Waals surface area (Å²) in [4.78, 5) is 21.8. The minimum atomic E-state index is -0.947. The lowest BCUT2D eigenvalue weighted by atomic mass is 10.1. The predicted octanol–water partition coefficient (Wildman–Crippen LogP) is 3.36. The van der Waals surface area contributed by atoms with Crippen LogP contribution in [0.2, 0.25) is 0 Å². The van der Waals surface area contributed by atoms with Crippen molar-refractivity contribution in [2.45, 2.75) is 32.6 Å². The molecule has 1 aromatic carbocycles. The van der Waals surface area contributed by atoms with Crippen molar-refractivity contribution >= 4 is 11.9 Å². The van der Waals surface area contributed by atoms with Crippen LogP contribution in [0.4, 0.5) is 0 Å². The van der Waals surface area contributed by atoms with Crippen molar-refractivity contribution in [1.82, 2.24) is 0 Å². The number of ether oxygens (including phenoxy) is 2. The Labute approximate surface area is 130 Å². The smallest absolute Gasteiger partial charge is 0.336 e. The first-order valence-corrected chi connectivity index (χ1v) is 7.31. The molecule has 0 aromatic heterocycles. The number of esters is 1. The van der Waals surface area contributed by atoms with E-state index in [0.717, 1.165) is 31.8 Å². The summed E-state index contributed by atoms with van der Waals surface area (Å²) in [5.41, 5.74) is 0.910. The normalized spacial score (nSPS) is 10.0. The second-order valence-electron chi connectivity index (χ2n) is 4.87. The first-order chi connectivity index (χ1) is 10.6. The Morgan fingerprint density at radius 1 is 1.18 bits per heavy atom. The molecule has 0 spiro atoms. The molecule has 0 atom stereocenters. The first kappa shape index (κ1) is 17.8. The molecule has 0 saturated carbocycles. The fourth-order valence-electron chi connectivity index (χ4n) is 1.97. The zero-order valence-corrected chi connectivity index (χ0v) is 12.8. The van der Waals surface area contributed by atoms with Crippen LogP contribution in [0.5, 0.6) is 5.75 Å². The molecular weight excluding hydrogens is 284 g/mol. The number of hydrogen-bond donors (Lipinski definition) is 1. The molecule has 5 nitrogen and oxygen atoms in total. The average molecular weight is 306 g/mol. The number of carboxylic acid groups (broad SMARTS) is 1. The minimum Gasteiger partial charge on any atom is -0.493 e.